The highest BCUT2D eigenvalue weighted by atomic mass is 32.2. The van der Waals surface area contributed by atoms with Crippen LogP contribution in [0.4, 0.5) is 10.8 Å². The molecule has 12 heteroatoms. The van der Waals surface area contributed by atoms with Gasteiger partial charge in [-0.25, -0.2) is 4.98 Å². The molecule has 6 rings (SSSR count). The molecule has 5 aromatic carbocycles. The average Bonchev–Trinajstić information content (AvgIpc) is 3.59. The molecule has 3 amide bonds. The van der Waals surface area contributed by atoms with E-state index in [1.807, 2.05) is 60.7 Å². The molecular formula is C40H34N4O6S2. The minimum atomic E-state index is -0.628. The predicted molar refractivity (Wildman–Crippen MR) is 206 cm³/mol. The van der Waals surface area contributed by atoms with Crippen molar-refractivity contribution < 1.29 is 28.6 Å². The van der Waals surface area contributed by atoms with Gasteiger partial charge in [-0.15, -0.1) is 11.8 Å². The van der Waals surface area contributed by atoms with Crippen LogP contribution in [-0.2, 0) is 9.59 Å². The Labute approximate surface area is 308 Å². The Kier molecular flexibility index (Phi) is 11.5. The maximum atomic E-state index is 13.9. The van der Waals surface area contributed by atoms with Crippen LogP contribution in [0.3, 0.4) is 0 Å². The lowest BCUT2D eigenvalue weighted by Crippen LogP contribution is -2.30. The smallest absolute Gasteiger partial charge is 0.272 e. The summed E-state index contributed by atoms with van der Waals surface area (Å²) < 4.78 is 17.4. The van der Waals surface area contributed by atoms with Crippen LogP contribution >= 0.6 is 23.1 Å². The number of amides is 3. The quantitative estimate of drug-likeness (QED) is 0.0802. The van der Waals surface area contributed by atoms with Gasteiger partial charge in [-0.05, 0) is 60.2 Å². The van der Waals surface area contributed by atoms with Crippen molar-refractivity contribution in [2.24, 2.45) is 0 Å². The average molecular weight is 731 g/mol. The fourth-order valence-corrected chi connectivity index (χ4v) is 7.19. The summed E-state index contributed by atoms with van der Waals surface area (Å²) >= 11 is 2.75. The second kappa shape index (κ2) is 16.7. The zero-order valence-corrected chi connectivity index (χ0v) is 30.0. The van der Waals surface area contributed by atoms with Crippen molar-refractivity contribution in [2.75, 3.05) is 32.0 Å². The second-order valence-corrected chi connectivity index (χ2v) is 13.4. The molecule has 52 heavy (non-hydrogen) atoms. The first-order chi connectivity index (χ1) is 25.3. The molecule has 3 N–H and O–H groups in total. The Bertz CT molecular complexity index is 2210. The molecule has 1 aromatic heterocycles. The van der Waals surface area contributed by atoms with Gasteiger partial charge in [0.1, 0.15) is 16.7 Å². The molecule has 0 saturated carbocycles. The molecule has 0 bridgehead atoms. The van der Waals surface area contributed by atoms with E-state index in [0.717, 1.165) is 20.7 Å². The van der Waals surface area contributed by atoms with Crippen LogP contribution in [0.2, 0.25) is 0 Å². The number of carbonyl (C=O) groups excluding carboxylic acids is 3. The van der Waals surface area contributed by atoms with Gasteiger partial charge >= 0.3 is 0 Å². The Morgan fingerprint density at radius 3 is 2.12 bits per heavy atom. The van der Waals surface area contributed by atoms with Crippen molar-refractivity contribution in [1.29, 1.82) is 0 Å². The molecular weight excluding hydrogens is 697 g/mol. The molecule has 0 aliphatic rings. The predicted octanol–water partition coefficient (Wildman–Crippen LogP) is 8.20. The van der Waals surface area contributed by atoms with Crippen molar-refractivity contribution in [3.8, 4) is 17.2 Å². The van der Waals surface area contributed by atoms with E-state index in [9.17, 15) is 14.4 Å². The lowest BCUT2D eigenvalue weighted by molar-refractivity contribution is -0.116. The largest absolute Gasteiger partial charge is 0.496 e. The third-order valence-corrected chi connectivity index (χ3v) is 9.97. The fourth-order valence-electron chi connectivity index (χ4n) is 5.24. The molecule has 6 aromatic rings. The minimum absolute atomic E-state index is 0.0465. The molecule has 0 radical (unpaired) electrons. The number of thiazole rings is 1. The molecule has 262 valence electrons. The molecule has 0 spiro atoms. The number of thioether (sulfide) groups is 1. The minimum Gasteiger partial charge on any atom is -0.496 e. The number of anilines is 2. The van der Waals surface area contributed by atoms with Gasteiger partial charge in [0, 0.05) is 27.8 Å². The molecule has 0 aliphatic heterocycles. The molecule has 1 heterocycles. The molecule has 1 atom stereocenters. The van der Waals surface area contributed by atoms with E-state index in [2.05, 4.69) is 20.9 Å². The van der Waals surface area contributed by atoms with Gasteiger partial charge in [-0.1, -0.05) is 78.1 Å². The van der Waals surface area contributed by atoms with Gasteiger partial charge < -0.3 is 30.2 Å². The summed E-state index contributed by atoms with van der Waals surface area (Å²) in [6, 6.07) is 36.2. The second-order valence-electron chi connectivity index (χ2n) is 11.2. The van der Waals surface area contributed by atoms with Crippen LogP contribution in [0, 0.1) is 0 Å². The van der Waals surface area contributed by atoms with Crippen molar-refractivity contribution in [3.63, 3.8) is 0 Å². The number of carbonyl (C=O) groups is 3. The number of hydrogen-bond donors (Lipinski definition) is 3. The van der Waals surface area contributed by atoms with E-state index in [1.54, 1.807) is 60.7 Å². The molecule has 10 nitrogen and oxygen atoms in total. The van der Waals surface area contributed by atoms with E-state index in [-0.39, 0.29) is 11.6 Å². The fraction of sp³-hybridized carbons (Fsp3) is 0.100. The highest BCUT2D eigenvalue weighted by Gasteiger charge is 2.24. The van der Waals surface area contributed by atoms with Crippen molar-refractivity contribution in [1.82, 2.24) is 10.3 Å². The van der Waals surface area contributed by atoms with Crippen molar-refractivity contribution in [3.05, 3.63) is 144 Å². The first kappa shape index (κ1) is 35.7. The SMILES string of the molecule is COc1cc(OC)c(OC)cc1/C=C(/NC(=O)c1ccccc1)C(=O)Nc1cccc(SC(C(=O)Nc2nc3ccccc3s2)c2ccccc2)c1. The highest BCUT2D eigenvalue weighted by molar-refractivity contribution is 8.00. The summed E-state index contributed by atoms with van der Waals surface area (Å²) in [4.78, 5) is 46.3. The number of para-hydroxylation sites is 1. The molecule has 0 saturated heterocycles. The van der Waals surface area contributed by atoms with Crippen LogP contribution < -0.4 is 30.2 Å². The third kappa shape index (κ3) is 8.60. The van der Waals surface area contributed by atoms with Gasteiger partial charge in [0.15, 0.2) is 16.6 Å². The van der Waals surface area contributed by atoms with E-state index in [0.29, 0.717) is 39.2 Å². The number of nitrogens with one attached hydrogen (secondary N) is 3. The number of fused-ring (bicyclic) bond motifs is 1. The Hall–Kier alpha value is -6.11. The lowest BCUT2D eigenvalue weighted by atomic mass is 10.1. The van der Waals surface area contributed by atoms with Crippen LogP contribution in [-0.4, -0.2) is 44.0 Å². The van der Waals surface area contributed by atoms with Crippen molar-refractivity contribution >= 4 is 67.9 Å². The maximum absolute atomic E-state index is 13.9. The monoisotopic (exact) mass is 730 g/mol. The van der Waals surface area contributed by atoms with Crippen LogP contribution in [0.15, 0.2) is 132 Å². The first-order valence-corrected chi connectivity index (χ1v) is 17.7. The summed E-state index contributed by atoms with van der Waals surface area (Å²) in [5.74, 6) is -0.0536. The van der Waals surface area contributed by atoms with E-state index < -0.39 is 17.1 Å². The molecule has 0 aliphatic carbocycles. The number of aromatic nitrogens is 1. The topological polar surface area (TPSA) is 128 Å². The van der Waals surface area contributed by atoms with Gasteiger partial charge in [-0.2, -0.15) is 0 Å². The first-order valence-electron chi connectivity index (χ1n) is 16.0. The Morgan fingerprint density at radius 1 is 0.731 bits per heavy atom. The number of ether oxygens (including phenoxy) is 3. The number of rotatable bonds is 13. The van der Waals surface area contributed by atoms with Gasteiger partial charge in [0.05, 0.1) is 31.5 Å². The number of benzene rings is 5. The number of methoxy groups -OCH3 is 3. The van der Waals surface area contributed by atoms with Gasteiger partial charge in [0.2, 0.25) is 5.91 Å². The summed E-state index contributed by atoms with van der Waals surface area (Å²) in [5, 5.41) is 8.54. The number of hydrogen-bond acceptors (Lipinski definition) is 9. The van der Waals surface area contributed by atoms with Crippen LogP contribution in [0.25, 0.3) is 16.3 Å². The lowest BCUT2D eigenvalue weighted by Gasteiger charge is -2.17. The summed E-state index contributed by atoms with van der Waals surface area (Å²) in [6.45, 7) is 0. The number of nitrogens with zero attached hydrogens (tertiary/aromatic N) is 1. The summed E-state index contributed by atoms with van der Waals surface area (Å²) in [6.07, 6.45) is 1.51. The molecule has 0 fully saturated rings. The standard InChI is InChI=1S/C40H34N4O6S2/c1-48-32-24-34(50-3)33(49-2)22-27(32)21-31(42-37(45)26-15-8-5-9-16-26)38(46)41-28-17-12-18-29(23-28)51-36(25-13-6-4-7-14-25)39(47)44-40-43-30-19-10-11-20-35(30)52-40/h4-24,36H,1-3H3,(H,41,46)(H,42,45)(H,43,44,47)/b31-21+. The highest BCUT2D eigenvalue weighted by Crippen LogP contribution is 2.39. The molecule has 1 unspecified atom stereocenters. The van der Waals surface area contributed by atoms with E-state index in [4.69, 9.17) is 14.2 Å². The third-order valence-electron chi connectivity index (χ3n) is 7.77. The van der Waals surface area contributed by atoms with Crippen LogP contribution in [0.5, 0.6) is 17.2 Å². The zero-order valence-electron chi connectivity index (χ0n) is 28.4. The summed E-state index contributed by atoms with van der Waals surface area (Å²) in [7, 11) is 4.50. The zero-order chi connectivity index (χ0) is 36.5. The maximum Gasteiger partial charge on any atom is 0.272 e. The van der Waals surface area contributed by atoms with Crippen LogP contribution in [0.1, 0.15) is 26.7 Å². The van der Waals surface area contributed by atoms with E-state index in [1.165, 1.54) is 50.5 Å². The van der Waals surface area contributed by atoms with Gasteiger partial charge in [0.25, 0.3) is 11.8 Å². The van der Waals surface area contributed by atoms with Gasteiger partial charge in [-0.3, -0.25) is 14.4 Å². The van der Waals surface area contributed by atoms with E-state index >= 15 is 0 Å². The summed E-state index contributed by atoms with van der Waals surface area (Å²) in [5.41, 5.74) is 2.86. The Morgan fingerprint density at radius 2 is 1.40 bits per heavy atom. The Balaban J connectivity index is 1.27. The van der Waals surface area contributed by atoms with Crippen molar-refractivity contribution in [2.45, 2.75) is 10.1 Å². The normalized spacial score (nSPS) is 11.7.